The van der Waals surface area contributed by atoms with Crippen LogP contribution in [0, 0.1) is 5.92 Å². The Bertz CT molecular complexity index is 453. The third-order valence-electron chi connectivity index (χ3n) is 3.92. The summed E-state index contributed by atoms with van der Waals surface area (Å²) in [5.41, 5.74) is 0. The summed E-state index contributed by atoms with van der Waals surface area (Å²) in [5, 5.41) is 12.1. The molecule has 2 heterocycles. The molecule has 104 valence electrons. The maximum Gasteiger partial charge on any atom is 0.231 e. The summed E-state index contributed by atoms with van der Waals surface area (Å²) in [7, 11) is 0. The normalized spacial score (nSPS) is 20.0. The molecule has 3 rings (SSSR count). The molecule has 1 saturated carbocycles. The van der Waals surface area contributed by atoms with Gasteiger partial charge < -0.3 is 0 Å². The van der Waals surface area contributed by atoms with Gasteiger partial charge in [0.2, 0.25) is 11.9 Å². The first-order valence-electron chi connectivity index (χ1n) is 7.19. The van der Waals surface area contributed by atoms with Crippen LogP contribution < -0.4 is 5.32 Å². The zero-order valence-corrected chi connectivity index (χ0v) is 11.9. The molecule has 0 saturated heterocycles. The fourth-order valence-electron chi connectivity index (χ4n) is 2.90. The van der Waals surface area contributed by atoms with Gasteiger partial charge in [-0.15, -0.1) is 10.2 Å². The number of hydrogen-bond acceptors (Lipinski definition) is 4. The summed E-state index contributed by atoms with van der Waals surface area (Å²) in [6, 6.07) is 0. The second-order valence-corrected chi connectivity index (χ2v) is 6.48. The van der Waals surface area contributed by atoms with Crippen LogP contribution in [0.15, 0.2) is 5.16 Å². The van der Waals surface area contributed by atoms with Crippen LogP contribution in [-0.4, -0.2) is 26.4 Å². The molecule has 1 aromatic heterocycles. The van der Waals surface area contributed by atoms with Crippen molar-refractivity contribution in [2.75, 3.05) is 11.1 Å². The van der Waals surface area contributed by atoms with E-state index in [9.17, 15) is 4.79 Å². The smallest absolute Gasteiger partial charge is 0.231 e. The van der Waals surface area contributed by atoms with E-state index in [1.807, 2.05) is 4.57 Å². The number of hydrogen-bond donors (Lipinski definition) is 1. The number of carbonyl (C=O) groups excluding carboxylic acids is 1. The molecule has 2 aliphatic rings. The summed E-state index contributed by atoms with van der Waals surface area (Å²) < 4.78 is 2.02. The molecule has 1 aliphatic carbocycles. The molecular formula is C13H20N4OS. The predicted octanol–water partition coefficient (Wildman–Crippen LogP) is 2.68. The number of fused-ring (bicyclic) bond motifs is 1. The van der Waals surface area contributed by atoms with E-state index in [1.165, 1.54) is 32.1 Å². The SMILES string of the molecule is O=C(CC1CCCCC1)Nc1nnc2n1CCCS2. The van der Waals surface area contributed by atoms with Crippen LogP contribution in [0.4, 0.5) is 5.95 Å². The zero-order chi connectivity index (χ0) is 13.1. The van der Waals surface area contributed by atoms with Crippen molar-refractivity contribution in [3.05, 3.63) is 0 Å². The van der Waals surface area contributed by atoms with Gasteiger partial charge >= 0.3 is 0 Å². The number of thioether (sulfide) groups is 1. The van der Waals surface area contributed by atoms with Crippen molar-refractivity contribution >= 4 is 23.6 Å². The highest BCUT2D eigenvalue weighted by Gasteiger charge is 2.20. The van der Waals surface area contributed by atoms with Crippen molar-refractivity contribution in [2.45, 2.75) is 56.6 Å². The number of rotatable bonds is 3. The molecule has 0 spiro atoms. The maximum absolute atomic E-state index is 12.1. The van der Waals surface area contributed by atoms with Crippen molar-refractivity contribution in [3.63, 3.8) is 0 Å². The molecule has 5 nitrogen and oxygen atoms in total. The van der Waals surface area contributed by atoms with Crippen LogP contribution in [-0.2, 0) is 11.3 Å². The number of carbonyl (C=O) groups is 1. The molecular weight excluding hydrogens is 260 g/mol. The maximum atomic E-state index is 12.1. The summed E-state index contributed by atoms with van der Waals surface area (Å²) in [5.74, 6) is 2.38. The van der Waals surface area contributed by atoms with E-state index in [1.54, 1.807) is 11.8 Å². The van der Waals surface area contributed by atoms with E-state index < -0.39 is 0 Å². The van der Waals surface area contributed by atoms with Gasteiger partial charge in [0, 0.05) is 18.7 Å². The second-order valence-electron chi connectivity index (χ2n) is 5.42. The first-order chi connectivity index (χ1) is 9.33. The highest BCUT2D eigenvalue weighted by molar-refractivity contribution is 7.99. The van der Waals surface area contributed by atoms with E-state index in [2.05, 4.69) is 15.5 Å². The third-order valence-corrected chi connectivity index (χ3v) is 4.98. The first kappa shape index (κ1) is 13.0. The van der Waals surface area contributed by atoms with E-state index >= 15 is 0 Å². The van der Waals surface area contributed by atoms with Crippen molar-refractivity contribution < 1.29 is 4.79 Å². The van der Waals surface area contributed by atoms with Crippen molar-refractivity contribution in [1.82, 2.24) is 14.8 Å². The van der Waals surface area contributed by atoms with Gasteiger partial charge in [-0.2, -0.15) is 0 Å². The summed E-state index contributed by atoms with van der Waals surface area (Å²) in [4.78, 5) is 12.1. The summed E-state index contributed by atoms with van der Waals surface area (Å²) in [6.45, 7) is 0.911. The lowest BCUT2D eigenvalue weighted by molar-refractivity contribution is -0.117. The van der Waals surface area contributed by atoms with Gasteiger partial charge in [-0.1, -0.05) is 31.0 Å². The van der Waals surface area contributed by atoms with Gasteiger partial charge in [0.25, 0.3) is 0 Å². The third kappa shape index (κ3) is 3.11. The Labute approximate surface area is 117 Å². The van der Waals surface area contributed by atoms with Crippen LogP contribution in [0.25, 0.3) is 0 Å². The Balaban J connectivity index is 1.58. The minimum absolute atomic E-state index is 0.0951. The van der Waals surface area contributed by atoms with E-state index in [4.69, 9.17) is 0 Å². The van der Waals surface area contributed by atoms with Gasteiger partial charge in [0.05, 0.1) is 0 Å². The van der Waals surface area contributed by atoms with Crippen LogP contribution in [0.1, 0.15) is 44.9 Å². The number of nitrogens with one attached hydrogen (secondary N) is 1. The summed E-state index contributed by atoms with van der Waals surface area (Å²) >= 11 is 1.71. The first-order valence-corrected chi connectivity index (χ1v) is 8.17. The standard InChI is InChI=1S/C13H20N4OS/c18-11(9-10-5-2-1-3-6-10)14-12-15-16-13-17(12)7-4-8-19-13/h10H,1-9H2,(H,14,15,18). The van der Waals surface area contributed by atoms with Crippen LogP contribution in [0.3, 0.4) is 0 Å². The molecule has 0 bridgehead atoms. The fourth-order valence-corrected chi connectivity index (χ4v) is 3.79. The molecule has 19 heavy (non-hydrogen) atoms. The molecule has 6 heteroatoms. The Kier molecular flexibility index (Phi) is 4.06. The zero-order valence-electron chi connectivity index (χ0n) is 11.1. The molecule has 1 aliphatic heterocycles. The summed E-state index contributed by atoms with van der Waals surface area (Å²) in [6.07, 6.45) is 8.01. The molecule has 0 atom stereocenters. The van der Waals surface area contributed by atoms with Crippen LogP contribution in [0.5, 0.6) is 0 Å². The van der Waals surface area contributed by atoms with Gasteiger partial charge in [0.1, 0.15) is 0 Å². The molecule has 1 amide bonds. The lowest BCUT2D eigenvalue weighted by Gasteiger charge is -2.21. The van der Waals surface area contributed by atoms with E-state index in [-0.39, 0.29) is 5.91 Å². The Morgan fingerprint density at radius 1 is 1.26 bits per heavy atom. The number of nitrogens with zero attached hydrogens (tertiary/aromatic N) is 3. The molecule has 1 N–H and O–H groups in total. The molecule has 1 aromatic rings. The highest BCUT2D eigenvalue weighted by Crippen LogP contribution is 2.28. The lowest BCUT2D eigenvalue weighted by atomic mass is 9.87. The minimum Gasteiger partial charge on any atom is -0.295 e. The molecule has 0 aromatic carbocycles. The number of amides is 1. The van der Waals surface area contributed by atoms with Gasteiger partial charge in [-0.05, 0) is 25.2 Å². The Hall–Kier alpha value is -1.04. The predicted molar refractivity (Wildman–Crippen MR) is 75.2 cm³/mol. The number of anilines is 1. The molecule has 1 fully saturated rings. The average Bonchev–Trinajstić information content (AvgIpc) is 2.83. The molecule has 0 unspecified atom stereocenters. The van der Waals surface area contributed by atoms with Crippen molar-refractivity contribution in [2.24, 2.45) is 5.92 Å². The van der Waals surface area contributed by atoms with Gasteiger partial charge in [-0.3, -0.25) is 14.7 Å². The fraction of sp³-hybridized carbons (Fsp3) is 0.769. The topological polar surface area (TPSA) is 59.8 Å². The van der Waals surface area contributed by atoms with Gasteiger partial charge in [0.15, 0.2) is 5.16 Å². The molecule has 0 radical (unpaired) electrons. The van der Waals surface area contributed by atoms with E-state index in [0.29, 0.717) is 18.3 Å². The largest absolute Gasteiger partial charge is 0.295 e. The van der Waals surface area contributed by atoms with Crippen molar-refractivity contribution in [3.8, 4) is 0 Å². The van der Waals surface area contributed by atoms with Crippen LogP contribution >= 0.6 is 11.8 Å². The van der Waals surface area contributed by atoms with Crippen molar-refractivity contribution in [1.29, 1.82) is 0 Å². The van der Waals surface area contributed by atoms with Gasteiger partial charge in [-0.25, -0.2) is 0 Å². The van der Waals surface area contributed by atoms with E-state index in [0.717, 1.165) is 23.9 Å². The monoisotopic (exact) mass is 280 g/mol. The Morgan fingerprint density at radius 3 is 2.95 bits per heavy atom. The average molecular weight is 280 g/mol. The minimum atomic E-state index is 0.0951. The number of aromatic nitrogens is 3. The van der Waals surface area contributed by atoms with Crippen LogP contribution in [0.2, 0.25) is 0 Å². The second kappa shape index (κ2) is 5.94. The quantitative estimate of drug-likeness (QED) is 0.924. The lowest BCUT2D eigenvalue weighted by Crippen LogP contribution is -2.21. The highest BCUT2D eigenvalue weighted by atomic mass is 32.2. The Morgan fingerprint density at radius 2 is 2.11 bits per heavy atom.